The minimum Gasteiger partial charge on any atom is -0.465 e. The van der Waals surface area contributed by atoms with E-state index in [1.54, 1.807) is 17.9 Å². The number of imidazole rings is 1. The van der Waals surface area contributed by atoms with Gasteiger partial charge >= 0.3 is 5.97 Å². The molecule has 0 spiro atoms. The van der Waals surface area contributed by atoms with Crippen molar-refractivity contribution < 1.29 is 14.3 Å². The van der Waals surface area contributed by atoms with Crippen LogP contribution < -0.4 is 10.7 Å². The molecule has 2 aliphatic rings. The van der Waals surface area contributed by atoms with Crippen molar-refractivity contribution in [2.75, 3.05) is 19.7 Å². The van der Waals surface area contributed by atoms with E-state index in [1.165, 1.54) is 0 Å². The molecule has 1 amide bonds. The standard InChI is InChI=1S/C26H28N4O3/c1-3-33-26(32)21(25(31)30-12-4-5-13-30)14-20-10-11-23-22(15-20)28-24(29(23)2)16-18-6-8-19(17-27)9-7-18/h6-9,11,14-15,21H,3-5,10,12-13,16H2,1-2H3. The van der Waals surface area contributed by atoms with Gasteiger partial charge in [0.15, 0.2) is 5.92 Å². The van der Waals surface area contributed by atoms with E-state index in [9.17, 15) is 9.59 Å². The van der Waals surface area contributed by atoms with E-state index in [2.05, 4.69) is 16.7 Å². The Kier molecular flexibility index (Phi) is 6.74. The van der Waals surface area contributed by atoms with Crippen LogP contribution in [0.1, 0.15) is 43.1 Å². The summed E-state index contributed by atoms with van der Waals surface area (Å²) in [6.07, 6.45) is 8.99. The Balaban J connectivity index is 1.62. The smallest absolute Gasteiger partial charge is 0.322 e. The number of aromatic nitrogens is 2. The number of nitrogens with zero attached hydrogens (tertiary/aromatic N) is 4. The van der Waals surface area contributed by atoms with Crippen LogP contribution in [0.2, 0.25) is 0 Å². The summed E-state index contributed by atoms with van der Waals surface area (Å²) >= 11 is 0. The molecule has 1 aromatic carbocycles. The monoisotopic (exact) mass is 444 g/mol. The Hall–Kier alpha value is -3.66. The number of benzene rings is 1. The van der Waals surface area contributed by atoms with Gasteiger partial charge in [0.1, 0.15) is 5.82 Å². The molecule has 1 aromatic heterocycles. The van der Waals surface area contributed by atoms with Crippen molar-refractivity contribution in [1.82, 2.24) is 14.5 Å². The van der Waals surface area contributed by atoms with Gasteiger partial charge in [-0.2, -0.15) is 5.26 Å². The second-order valence-electron chi connectivity index (χ2n) is 8.40. The number of ether oxygens (including phenoxy) is 1. The Bertz CT molecular complexity index is 1240. The quantitative estimate of drug-likeness (QED) is 0.499. The highest BCUT2D eigenvalue weighted by Gasteiger charge is 2.32. The van der Waals surface area contributed by atoms with Gasteiger partial charge in [-0.15, -0.1) is 0 Å². The summed E-state index contributed by atoms with van der Waals surface area (Å²) in [6, 6.07) is 9.64. The summed E-state index contributed by atoms with van der Waals surface area (Å²) < 4.78 is 7.28. The number of hydrogen-bond acceptors (Lipinski definition) is 5. The number of rotatable bonds is 6. The molecule has 0 radical (unpaired) electrons. The van der Waals surface area contributed by atoms with Crippen LogP contribution in [0.25, 0.3) is 12.2 Å². The first-order valence-corrected chi connectivity index (χ1v) is 11.4. The van der Waals surface area contributed by atoms with E-state index >= 15 is 0 Å². The van der Waals surface area contributed by atoms with Gasteiger partial charge in [0, 0.05) is 26.6 Å². The number of fused-ring (bicyclic) bond motifs is 1. The fourth-order valence-electron chi connectivity index (χ4n) is 4.35. The minimum absolute atomic E-state index is 0.180. The van der Waals surface area contributed by atoms with Gasteiger partial charge in [-0.3, -0.25) is 9.59 Å². The molecule has 33 heavy (non-hydrogen) atoms. The molecule has 2 aromatic rings. The molecule has 1 saturated heterocycles. The van der Waals surface area contributed by atoms with Crippen LogP contribution >= 0.6 is 0 Å². The summed E-state index contributed by atoms with van der Waals surface area (Å²) in [7, 11) is 1.99. The van der Waals surface area contributed by atoms with Crippen molar-refractivity contribution in [2.45, 2.75) is 32.6 Å². The van der Waals surface area contributed by atoms with Crippen LogP contribution in [-0.4, -0.2) is 46.0 Å². The average molecular weight is 445 g/mol. The lowest BCUT2D eigenvalue weighted by atomic mass is 9.99. The number of amides is 1. The van der Waals surface area contributed by atoms with Gasteiger partial charge < -0.3 is 14.2 Å². The van der Waals surface area contributed by atoms with Crippen molar-refractivity contribution in [1.29, 1.82) is 5.26 Å². The topological polar surface area (TPSA) is 88.2 Å². The van der Waals surface area contributed by atoms with Gasteiger partial charge in [0.25, 0.3) is 0 Å². The second-order valence-corrected chi connectivity index (χ2v) is 8.40. The fourth-order valence-corrected chi connectivity index (χ4v) is 4.35. The van der Waals surface area contributed by atoms with Gasteiger partial charge in [-0.05, 0) is 55.5 Å². The van der Waals surface area contributed by atoms with Crippen LogP contribution in [-0.2, 0) is 27.8 Å². The fraction of sp³-hybridized carbons (Fsp3) is 0.385. The van der Waals surface area contributed by atoms with Gasteiger partial charge in [-0.1, -0.05) is 24.3 Å². The van der Waals surface area contributed by atoms with Crippen molar-refractivity contribution in [3.05, 3.63) is 63.6 Å². The third kappa shape index (κ3) is 4.90. The Morgan fingerprint density at radius 2 is 1.97 bits per heavy atom. The van der Waals surface area contributed by atoms with E-state index in [1.807, 2.05) is 37.4 Å². The third-order valence-corrected chi connectivity index (χ3v) is 6.16. The number of esters is 1. The molecule has 1 aliphatic carbocycles. The number of nitriles is 1. The van der Waals surface area contributed by atoms with Crippen molar-refractivity contribution in [3.8, 4) is 6.07 Å². The molecule has 0 saturated carbocycles. The van der Waals surface area contributed by atoms with E-state index in [0.29, 0.717) is 31.5 Å². The number of allylic oxidation sites excluding steroid dienone is 1. The maximum atomic E-state index is 13.0. The van der Waals surface area contributed by atoms with Crippen LogP contribution in [0.4, 0.5) is 0 Å². The summed E-state index contributed by atoms with van der Waals surface area (Å²) in [6.45, 7) is 3.37. The van der Waals surface area contributed by atoms with Crippen LogP contribution in [0, 0.1) is 17.2 Å². The number of likely N-dealkylation sites (tertiary alicyclic amines) is 1. The zero-order valence-corrected chi connectivity index (χ0v) is 19.1. The molecular formula is C26H28N4O3. The molecule has 0 bridgehead atoms. The molecule has 170 valence electrons. The molecule has 7 nitrogen and oxygen atoms in total. The van der Waals surface area contributed by atoms with Crippen LogP contribution in [0.5, 0.6) is 0 Å². The molecular weight excluding hydrogens is 416 g/mol. The summed E-state index contributed by atoms with van der Waals surface area (Å²) in [4.78, 5) is 32.2. The van der Waals surface area contributed by atoms with Gasteiger partial charge in [0.05, 0.1) is 28.9 Å². The molecule has 2 heterocycles. The van der Waals surface area contributed by atoms with Crippen molar-refractivity contribution >= 4 is 24.0 Å². The number of carbonyl (C=O) groups excluding carboxylic acids is 2. The highest BCUT2D eigenvalue weighted by Crippen LogP contribution is 2.19. The molecule has 7 heteroatoms. The Morgan fingerprint density at radius 1 is 1.24 bits per heavy atom. The van der Waals surface area contributed by atoms with E-state index < -0.39 is 11.9 Å². The van der Waals surface area contributed by atoms with E-state index in [4.69, 9.17) is 15.0 Å². The molecule has 0 N–H and O–H groups in total. The SMILES string of the molecule is CCOC(=O)C(C=C1C=c2nc(Cc3ccc(C#N)cc3)n(C)c2=CC1)C(=O)N1CCCC1. The number of hydrogen-bond donors (Lipinski definition) is 0. The first-order valence-electron chi connectivity index (χ1n) is 11.4. The average Bonchev–Trinajstić information content (AvgIpc) is 3.46. The lowest BCUT2D eigenvalue weighted by Gasteiger charge is -2.20. The largest absolute Gasteiger partial charge is 0.465 e. The lowest BCUT2D eigenvalue weighted by molar-refractivity contribution is -0.152. The predicted octanol–water partition coefficient (Wildman–Crippen LogP) is 1.58. The molecule has 1 unspecified atom stereocenters. The van der Waals surface area contributed by atoms with Crippen LogP contribution in [0.3, 0.4) is 0 Å². The lowest BCUT2D eigenvalue weighted by Crippen LogP contribution is -2.38. The van der Waals surface area contributed by atoms with E-state index in [0.717, 1.165) is 40.5 Å². The highest BCUT2D eigenvalue weighted by molar-refractivity contribution is 6.00. The predicted molar refractivity (Wildman–Crippen MR) is 124 cm³/mol. The molecule has 1 atom stereocenters. The Labute approximate surface area is 193 Å². The maximum Gasteiger partial charge on any atom is 0.322 e. The molecule has 4 rings (SSSR count). The summed E-state index contributed by atoms with van der Waals surface area (Å²) in [5, 5.41) is 10.8. The van der Waals surface area contributed by atoms with Crippen molar-refractivity contribution in [2.24, 2.45) is 13.0 Å². The highest BCUT2D eigenvalue weighted by atomic mass is 16.5. The Morgan fingerprint density at radius 3 is 2.64 bits per heavy atom. The van der Waals surface area contributed by atoms with Crippen LogP contribution in [0.15, 0.2) is 35.9 Å². The van der Waals surface area contributed by atoms with Crippen molar-refractivity contribution in [3.63, 3.8) is 0 Å². The molecule has 1 fully saturated rings. The van der Waals surface area contributed by atoms with E-state index in [-0.39, 0.29) is 12.5 Å². The zero-order chi connectivity index (χ0) is 23.4. The maximum absolute atomic E-state index is 13.0. The first-order chi connectivity index (χ1) is 16.0. The summed E-state index contributed by atoms with van der Waals surface area (Å²) in [5.41, 5.74) is 2.60. The second kappa shape index (κ2) is 9.86. The first kappa shape index (κ1) is 22.5. The van der Waals surface area contributed by atoms with Gasteiger partial charge in [-0.25, -0.2) is 4.98 Å². The minimum atomic E-state index is -0.925. The normalized spacial score (nSPS) is 17.0. The zero-order valence-electron chi connectivity index (χ0n) is 19.1. The number of carbonyl (C=O) groups is 2. The third-order valence-electron chi connectivity index (χ3n) is 6.16. The molecule has 1 aliphatic heterocycles. The van der Waals surface area contributed by atoms with Gasteiger partial charge in [0.2, 0.25) is 5.91 Å². The summed E-state index contributed by atoms with van der Waals surface area (Å²) in [5.74, 6) is -0.691.